The largest absolute Gasteiger partial charge is 0.480 e. The minimum absolute atomic E-state index is 0.0840. The molecule has 0 aliphatic heterocycles. The maximum absolute atomic E-state index is 12.2. The Kier molecular flexibility index (Phi) is 5.08. The normalized spacial score (nSPS) is 13.5. The number of carboxylic acid groups (broad SMARTS) is 1. The fourth-order valence-electron chi connectivity index (χ4n) is 1.78. The van der Waals surface area contributed by atoms with Crippen LogP contribution in [-0.4, -0.2) is 25.5 Å². The lowest BCUT2D eigenvalue weighted by molar-refractivity contribution is -0.139. The predicted octanol–water partition coefficient (Wildman–Crippen LogP) is 1.77. The zero-order chi connectivity index (χ0) is 14.6. The first-order valence-corrected chi connectivity index (χ1v) is 7.53. The third-order valence-electron chi connectivity index (χ3n) is 2.69. The summed E-state index contributed by atoms with van der Waals surface area (Å²) in [6, 6.07) is 5.37. The molecule has 2 N–H and O–H groups in total. The van der Waals surface area contributed by atoms with Crippen molar-refractivity contribution in [1.82, 2.24) is 4.72 Å². The van der Waals surface area contributed by atoms with Crippen LogP contribution in [0.4, 0.5) is 0 Å². The predicted molar refractivity (Wildman–Crippen MR) is 72.4 cm³/mol. The molecule has 1 aromatic carbocycles. The minimum Gasteiger partial charge on any atom is -0.480 e. The first kappa shape index (κ1) is 15.7. The van der Waals surface area contributed by atoms with Crippen molar-refractivity contribution in [3.63, 3.8) is 0 Å². The Labute approximate surface area is 113 Å². The lowest BCUT2D eigenvalue weighted by atomic mass is 10.1. The van der Waals surface area contributed by atoms with Gasteiger partial charge in [0.15, 0.2) is 0 Å². The number of carbonyl (C=O) groups is 1. The quantitative estimate of drug-likeness (QED) is 0.834. The van der Waals surface area contributed by atoms with E-state index in [1.54, 1.807) is 25.1 Å². The molecule has 0 saturated heterocycles. The molecule has 0 amide bonds. The number of benzene rings is 1. The second kappa shape index (κ2) is 6.16. The van der Waals surface area contributed by atoms with E-state index in [0.29, 0.717) is 5.56 Å². The van der Waals surface area contributed by atoms with E-state index in [1.807, 2.05) is 13.8 Å². The van der Waals surface area contributed by atoms with Gasteiger partial charge in [-0.25, -0.2) is 8.42 Å². The SMILES string of the molecule is Cc1ccccc1S(=O)(=O)NC(CC(C)C)C(=O)O. The third-order valence-corrected chi connectivity index (χ3v) is 4.32. The van der Waals surface area contributed by atoms with E-state index in [2.05, 4.69) is 4.72 Å². The summed E-state index contributed by atoms with van der Waals surface area (Å²) in [6.07, 6.45) is 0.250. The van der Waals surface area contributed by atoms with Crippen LogP contribution in [0.1, 0.15) is 25.8 Å². The van der Waals surface area contributed by atoms with Crippen molar-refractivity contribution in [3.05, 3.63) is 29.8 Å². The zero-order valence-electron chi connectivity index (χ0n) is 11.3. The number of rotatable bonds is 6. The summed E-state index contributed by atoms with van der Waals surface area (Å²) in [5, 5.41) is 9.07. The highest BCUT2D eigenvalue weighted by atomic mass is 32.2. The molecule has 19 heavy (non-hydrogen) atoms. The maximum atomic E-state index is 12.2. The van der Waals surface area contributed by atoms with Crippen molar-refractivity contribution in [2.75, 3.05) is 0 Å². The van der Waals surface area contributed by atoms with Gasteiger partial charge in [0.25, 0.3) is 0 Å². The first-order chi connectivity index (χ1) is 8.74. The van der Waals surface area contributed by atoms with Crippen LogP contribution >= 0.6 is 0 Å². The van der Waals surface area contributed by atoms with Crippen molar-refractivity contribution >= 4 is 16.0 Å². The molecule has 1 aromatic rings. The number of carboxylic acids is 1. The van der Waals surface area contributed by atoms with Gasteiger partial charge in [0.1, 0.15) is 6.04 Å². The van der Waals surface area contributed by atoms with Crippen LogP contribution in [0.15, 0.2) is 29.2 Å². The molecule has 0 aliphatic carbocycles. The average molecular weight is 285 g/mol. The molecule has 1 rings (SSSR count). The van der Waals surface area contributed by atoms with E-state index in [9.17, 15) is 13.2 Å². The summed E-state index contributed by atoms with van der Waals surface area (Å²) < 4.78 is 26.6. The second-order valence-electron chi connectivity index (χ2n) is 4.91. The van der Waals surface area contributed by atoms with Crippen LogP contribution in [-0.2, 0) is 14.8 Å². The van der Waals surface area contributed by atoms with Gasteiger partial charge in [-0.2, -0.15) is 4.72 Å². The summed E-state index contributed by atoms with van der Waals surface area (Å²) in [7, 11) is -3.81. The van der Waals surface area contributed by atoms with Gasteiger partial charge in [0.2, 0.25) is 10.0 Å². The van der Waals surface area contributed by atoms with E-state index >= 15 is 0 Å². The van der Waals surface area contributed by atoms with Gasteiger partial charge in [-0.3, -0.25) is 4.79 Å². The molecular formula is C13H19NO4S. The van der Waals surface area contributed by atoms with E-state index < -0.39 is 22.0 Å². The van der Waals surface area contributed by atoms with Gasteiger partial charge in [-0.05, 0) is 30.9 Å². The molecule has 0 bridgehead atoms. The highest BCUT2D eigenvalue weighted by molar-refractivity contribution is 7.89. The maximum Gasteiger partial charge on any atom is 0.321 e. The van der Waals surface area contributed by atoms with Gasteiger partial charge in [-0.1, -0.05) is 32.0 Å². The Morgan fingerprint density at radius 2 is 1.89 bits per heavy atom. The molecule has 0 radical (unpaired) electrons. The zero-order valence-corrected chi connectivity index (χ0v) is 12.1. The third kappa shape index (κ3) is 4.33. The van der Waals surface area contributed by atoms with E-state index in [4.69, 9.17) is 5.11 Å². The number of hydrogen-bond acceptors (Lipinski definition) is 3. The Morgan fingerprint density at radius 3 is 2.37 bits per heavy atom. The number of sulfonamides is 1. The monoisotopic (exact) mass is 285 g/mol. The molecule has 0 aliphatic rings. The summed E-state index contributed by atoms with van der Waals surface area (Å²) in [5.74, 6) is -1.08. The second-order valence-corrected chi connectivity index (χ2v) is 6.59. The molecule has 0 aromatic heterocycles. The van der Waals surface area contributed by atoms with Crippen LogP contribution in [0, 0.1) is 12.8 Å². The summed E-state index contributed by atoms with van der Waals surface area (Å²) in [5.41, 5.74) is 0.587. The standard InChI is InChI=1S/C13H19NO4S/c1-9(2)8-11(13(15)16)14-19(17,18)12-7-5-4-6-10(12)3/h4-7,9,11,14H,8H2,1-3H3,(H,15,16). The van der Waals surface area contributed by atoms with Crippen molar-refractivity contribution in [2.24, 2.45) is 5.92 Å². The number of aliphatic carboxylic acids is 1. The smallest absolute Gasteiger partial charge is 0.321 e. The van der Waals surface area contributed by atoms with Crippen molar-refractivity contribution in [1.29, 1.82) is 0 Å². The lowest BCUT2D eigenvalue weighted by Gasteiger charge is -2.17. The first-order valence-electron chi connectivity index (χ1n) is 6.05. The van der Waals surface area contributed by atoms with E-state index in [1.165, 1.54) is 6.07 Å². The lowest BCUT2D eigenvalue weighted by Crippen LogP contribution is -2.41. The number of nitrogens with one attached hydrogen (secondary N) is 1. The average Bonchev–Trinajstić information content (AvgIpc) is 2.27. The van der Waals surface area contributed by atoms with Crippen molar-refractivity contribution in [3.8, 4) is 0 Å². The molecular weight excluding hydrogens is 266 g/mol. The molecule has 0 spiro atoms. The highest BCUT2D eigenvalue weighted by Gasteiger charge is 2.26. The van der Waals surface area contributed by atoms with E-state index in [0.717, 1.165) is 0 Å². The van der Waals surface area contributed by atoms with Crippen LogP contribution in [0.25, 0.3) is 0 Å². The van der Waals surface area contributed by atoms with Crippen molar-refractivity contribution < 1.29 is 18.3 Å². The minimum atomic E-state index is -3.81. The topological polar surface area (TPSA) is 83.5 Å². The van der Waals surface area contributed by atoms with Gasteiger partial charge < -0.3 is 5.11 Å². The number of hydrogen-bond donors (Lipinski definition) is 2. The van der Waals surface area contributed by atoms with Crippen LogP contribution in [0.2, 0.25) is 0 Å². The molecule has 6 heteroatoms. The summed E-state index contributed by atoms with van der Waals surface area (Å²) >= 11 is 0. The fraction of sp³-hybridized carbons (Fsp3) is 0.462. The van der Waals surface area contributed by atoms with Gasteiger partial charge in [0, 0.05) is 0 Å². The summed E-state index contributed by atoms with van der Waals surface area (Å²) in [6.45, 7) is 5.36. The number of aryl methyl sites for hydroxylation is 1. The molecule has 1 atom stereocenters. The van der Waals surface area contributed by atoms with Gasteiger partial charge in [-0.15, -0.1) is 0 Å². The van der Waals surface area contributed by atoms with E-state index in [-0.39, 0.29) is 17.2 Å². The molecule has 0 fully saturated rings. The Bertz CT molecular complexity index is 552. The van der Waals surface area contributed by atoms with Gasteiger partial charge in [0.05, 0.1) is 4.90 Å². The Morgan fingerprint density at radius 1 is 1.32 bits per heavy atom. The highest BCUT2D eigenvalue weighted by Crippen LogP contribution is 2.16. The molecule has 5 nitrogen and oxygen atoms in total. The molecule has 106 valence electrons. The molecule has 0 saturated carbocycles. The molecule has 0 heterocycles. The van der Waals surface area contributed by atoms with Crippen LogP contribution in [0.3, 0.4) is 0 Å². The summed E-state index contributed by atoms with van der Waals surface area (Å²) in [4.78, 5) is 11.2. The Hall–Kier alpha value is -1.40. The molecule has 1 unspecified atom stereocenters. The van der Waals surface area contributed by atoms with Crippen molar-refractivity contribution in [2.45, 2.75) is 38.1 Å². The Balaban J connectivity index is 3.01. The van der Waals surface area contributed by atoms with Crippen LogP contribution in [0.5, 0.6) is 0 Å². The van der Waals surface area contributed by atoms with Crippen LogP contribution < -0.4 is 4.72 Å². The van der Waals surface area contributed by atoms with Gasteiger partial charge >= 0.3 is 5.97 Å². The fourth-order valence-corrected chi connectivity index (χ4v) is 3.23.